The Labute approximate surface area is 153 Å². The van der Waals surface area contributed by atoms with Crippen LogP contribution in [-0.2, 0) is 14.3 Å². The van der Waals surface area contributed by atoms with Gasteiger partial charge in [0.1, 0.15) is 6.61 Å². The van der Waals surface area contributed by atoms with Crippen molar-refractivity contribution in [2.45, 2.75) is 18.8 Å². The molecule has 1 aliphatic carbocycles. The molecule has 0 saturated heterocycles. The molecular formula is C21H23NO4. The zero-order chi connectivity index (χ0) is 18.5. The van der Waals surface area contributed by atoms with Gasteiger partial charge in [0.05, 0.1) is 7.11 Å². The first-order chi connectivity index (χ1) is 12.6. The first-order valence-electron chi connectivity index (χ1n) is 8.74. The Kier molecular flexibility index (Phi) is 5.56. The van der Waals surface area contributed by atoms with Crippen molar-refractivity contribution in [3.63, 3.8) is 0 Å². The fourth-order valence-electron chi connectivity index (χ4n) is 3.36. The van der Waals surface area contributed by atoms with Crippen LogP contribution in [0.25, 0.3) is 11.1 Å². The molecule has 1 aliphatic rings. The Bertz CT molecular complexity index is 757. The molecule has 0 saturated carbocycles. The molecule has 0 atom stereocenters. The minimum absolute atomic E-state index is 0.0508. The Morgan fingerprint density at radius 3 is 2.15 bits per heavy atom. The molecule has 0 spiro atoms. The standard InChI is InChI=1S/C21H23NO4/c1-22(13-7-12-20(23)25-2)21(24)26-14-19-17-10-5-3-8-15(17)16-9-4-6-11-18(16)19/h3-6,8-11,19H,7,12-14H2,1-2H3. The third-order valence-electron chi connectivity index (χ3n) is 4.75. The van der Waals surface area contributed by atoms with Gasteiger partial charge in [0.15, 0.2) is 0 Å². The van der Waals surface area contributed by atoms with Crippen molar-refractivity contribution in [1.82, 2.24) is 4.90 Å². The van der Waals surface area contributed by atoms with Gasteiger partial charge < -0.3 is 14.4 Å². The molecule has 0 radical (unpaired) electrons. The Morgan fingerprint density at radius 2 is 1.58 bits per heavy atom. The van der Waals surface area contributed by atoms with Crippen molar-refractivity contribution in [1.29, 1.82) is 0 Å². The van der Waals surface area contributed by atoms with Crippen molar-refractivity contribution in [2.75, 3.05) is 27.3 Å². The summed E-state index contributed by atoms with van der Waals surface area (Å²) in [5, 5.41) is 0. The van der Waals surface area contributed by atoms with E-state index in [1.807, 2.05) is 24.3 Å². The van der Waals surface area contributed by atoms with Crippen LogP contribution in [0.5, 0.6) is 0 Å². The minimum atomic E-state index is -0.378. The van der Waals surface area contributed by atoms with E-state index in [9.17, 15) is 9.59 Å². The van der Waals surface area contributed by atoms with Crippen LogP contribution in [0.15, 0.2) is 48.5 Å². The molecule has 26 heavy (non-hydrogen) atoms. The molecule has 2 aromatic carbocycles. The number of carbonyl (C=O) groups is 2. The number of amides is 1. The topological polar surface area (TPSA) is 55.8 Å². The molecule has 136 valence electrons. The van der Waals surface area contributed by atoms with Gasteiger partial charge in [-0.3, -0.25) is 4.79 Å². The average Bonchev–Trinajstić information content (AvgIpc) is 2.99. The molecule has 1 amide bonds. The van der Waals surface area contributed by atoms with Gasteiger partial charge in [0.25, 0.3) is 0 Å². The number of benzene rings is 2. The summed E-state index contributed by atoms with van der Waals surface area (Å²) in [7, 11) is 3.04. The molecule has 0 heterocycles. The number of carbonyl (C=O) groups excluding carboxylic acids is 2. The summed E-state index contributed by atoms with van der Waals surface area (Å²) in [5.74, 6) is -0.222. The zero-order valence-electron chi connectivity index (χ0n) is 15.1. The number of nitrogens with zero attached hydrogens (tertiary/aromatic N) is 1. The molecule has 5 nitrogen and oxygen atoms in total. The normalized spacial score (nSPS) is 12.2. The van der Waals surface area contributed by atoms with E-state index >= 15 is 0 Å². The van der Waals surface area contributed by atoms with Crippen molar-refractivity contribution >= 4 is 12.1 Å². The Hall–Kier alpha value is -2.82. The van der Waals surface area contributed by atoms with Gasteiger partial charge in [-0.05, 0) is 28.7 Å². The molecule has 0 aliphatic heterocycles. The van der Waals surface area contributed by atoms with Crippen LogP contribution in [-0.4, -0.2) is 44.3 Å². The summed E-state index contributed by atoms with van der Waals surface area (Å²) in [6, 6.07) is 16.5. The quantitative estimate of drug-likeness (QED) is 0.741. The summed E-state index contributed by atoms with van der Waals surface area (Å²) >= 11 is 0. The maximum Gasteiger partial charge on any atom is 0.409 e. The van der Waals surface area contributed by atoms with Gasteiger partial charge in [0, 0.05) is 25.9 Å². The lowest BCUT2D eigenvalue weighted by Gasteiger charge is -2.19. The minimum Gasteiger partial charge on any atom is -0.469 e. The van der Waals surface area contributed by atoms with Crippen molar-refractivity contribution in [2.24, 2.45) is 0 Å². The van der Waals surface area contributed by atoms with E-state index in [2.05, 4.69) is 29.0 Å². The molecule has 3 rings (SSSR count). The van der Waals surface area contributed by atoms with E-state index in [0.29, 0.717) is 19.6 Å². The number of hydrogen-bond acceptors (Lipinski definition) is 4. The number of methoxy groups -OCH3 is 1. The maximum atomic E-state index is 12.3. The highest BCUT2D eigenvalue weighted by Crippen LogP contribution is 2.44. The van der Waals surface area contributed by atoms with Crippen LogP contribution in [0.4, 0.5) is 4.79 Å². The second-order valence-electron chi connectivity index (χ2n) is 6.41. The fraction of sp³-hybridized carbons (Fsp3) is 0.333. The predicted octanol–water partition coefficient (Wildman–Crippen LogP) is 3.82. The third kappa shape index (κ3) is 3.72. The Balaban J connectivity index is 1.61. The van der Waals surface area contributed by atoms with E-state index in [1.165, 1.54) is 34.3 Å². The monoisotopic (exact) mass is 353 g/mol. The highest BCUT2D eigenvalue weighted by molar-refractivity contribution is 5.79. The fourth-order valence-corrected chi connectivity index (χ4v) is 3.36. The Morgan fingerprint density at radius 1 is 1.00 bits per heavy atom. The average molecular weight is 353 g/mol. The lowest BCUT2D eigenvalue weighted by atomic mass is 9.98. The first kappa shape index (κ1) is 18.0. The third-order valence-corrected chi connectivity index (χ3v) is 4.75. The maximum absolute atomic E-state index is 12.3. The van der Waals surface area contributed by atoms with Crippen LogP contribution < -0.4 is 0 Å². The molecule has 5 heteroatoms. The number of fused-ring (bicyclic) bond motifs is 3. The van der Waals surface area contributed by atoms with Crippen molar-refractivity contribution < 1.29 is 19.1 Å². The van der Waals surface area contributed by atoms with Gasteiger partial charge in [-0.1, -0.05) is 48.5 Å². The van der Waals surface area contributed by atoms with Crippen LogP contribution in [0.1, 0.15) is 29.9 Å². The highest BCUT2D eigenvalue weighted by Gasteiger charge is 2.29. The molecule has 0 unspecified atom stereocenters. The largest absolute Gasteiger partial charge is 0.469 e. The van der Waals surface area contributed by atoms with Gasteiger partial charge >= 0.3 is 12.1 Å². The number of ether oxygens (including phenoxy) is 2. The summed E-state index contributed by atoms with van der Waals surface area (Å²) in [5.41, 5.74) is 4.79. The van der Waals surface area contributed by atoms with Crippen molar-refractivity contribution in [3.05, 3.63) is 59.7 Å². The highest BCUT2D eigenvalue weighted by atomic mass is 16.6. The van der Waals surface area contributed by atoms with Crippen LogP contribution in [0.2, 0.25) is 0 Å². The van der Waals surface area contributed by atoms with E-state index in [4.69, 9.17) is 4.74 Å². The van der Waals surface area contributed by atoms with Gasteiger partial charge in [-0.2, -0.15) is 0 Å². The van der Waals surface area contributed by atoms with Crippen LogP contribution in [0.3, 0.4) is 0 Å². The van der Waals surface area contributed by atoms with E-state index < -0.39 is 0 Å². The van der Waals surface area contributed by atoms with Gasteiger partial charge in [-0.15, -0.1) is 0 Å². The molecule has 2 aromatic rings. The summed E-state index contributed by atoms with van der Waals surface area (Å²) in [4.78, 5) is 24.9. The summed E-state index contributed by atoms with van der Waals surface area (Å²) in [6.07, 6.45) is 0.460. The number of esters is 1. The first-order valence-corrected chi connectivity index (χ1v) is 8.74. The lowest BCUT2D eigenvalue weighted by molar-refractivity contribution is -0.140. The number of hydrogen-bond donors (Lipinski definition) is 0. The lowest BCUT2D eigenvalue weighted by Crippen LogP contribution is -2.30. The van der Waals surface area contributed by atoms with E-state index in [1.54, 1.807) is 7.05 Å². The van der Waals surface area contributed by atoms with Gasteiger partial charge in [0.2, 0.25) is 0 Å². The second kappa shape index (κ2) is 8.04. The van der Waals surface area contributed by atoms with Crippen molar-refractivity contribution in [3.8, 4) is 11.1 Å². The zero-order valence-corrected chi connectivity index (χ0v) is 15.1. The predicted molar refractivity (Wildman–Crippen MR) is 98.9 cm³/mol. The van der Waals surface area contributed by atoms with E-state index in [-0.39, 0.29) is 24.4 Å². The van der Waals surface area contributed by atoms with E-state index in [0.717, 1.165) is 0 Å². The second-order valence-corrected chi connectivity index (χ2v) is 6.41. The molecular weight excluding hydrogens is 330 g/mol. The molecule has 0 fully saturated rings. The smallest absolute Gasteiger partial charge is 0.409 e. The van der Waals surface area contributed by atoms with Crippen LogP contribution in [0, 0.1) is 0 Å². The van der Waals surface area contributed by atoms with Crippen LogP contribution >= 0.6 is 0 Å². The molecule has 0 bridgehead atoms. The number of rotatable bonds is 6. The molecule has 0 aromatic heterocycles. The summed E-state index contributed by atoms with van der Waals surface area (Å²) in [6.45, 7) is 0.750. The summed E-state index contributed by atoms with van der Waals surface area (Å²) < 4.78 is 10.2. The molecule has 0 N–H and O–H groups in total. The SMILES string of the molecule is COC(=O)CCCN(C)C(=O)OCC1c2ccccc2-c2ccccc21. The van der Waals surface area contributed by atoms with Gasteiger partial charge in [-0.25, -0.2) is 4.79 Å².